The van der Waals surface area contributed by atoms with Crippen LogP contribution in [0.3, 0.4) is 0 Å². The van der Waals surface area contributed by atoms with Crippen molar-refractivity contribution in [3.05, 3.63) is 17.3 Å². The molecule has 0 radical (unpaired) electrons. The Morgan fingerprint density at radius 2 is 2.36 bits per heavy atom. The molecule has 1 unspecified atom stereocenters. The summed E-state index contributed by atoms with van der Waals surface area (Å²) in [6.45, 7) is 2.03. The van der Waals surface area contributed by atoms with Gasteiger partial charge in [0.15, 0.2) is 0 Å². The molecule has 14 heavy (non-hydrogen) atoms. The van der Waals surface area contributed by atoms with Crippen LogP contribution in [0.5, 0.6) is 0 Å². The highest BCUT2D eigenvalue weighted by atomic mass is 35.5. The minimum Gasteiger partial charge on any atom is -0.399 e. The molecule has 0 spiro atoms. The lowest BCUT2D eigenvalue weighted by molar-refractivity contribution is 0.271. The SMILES string of the molecule is CCC(CO)Nc1cc(N)cc(Cl)n1. The number of nitrogen functional groups attached to an aromatic ring is 1. The largest absolute Gasteiger partial charge is 0.399 e. The average Bonchev–Trinajstić information content (AvgIpc) is 2.12. The molecule has 1 rings (SSSR count). The predicted molar refractivity (Wildman–Crippen MR) is 58.4 cm³/mol. The summed E-state index contributed by atoms with van der Waals surface area (Å²) in [7, 11) is 0. The van der Waals surface area contributed by atoms with Gasteiger partial charge in [0.25, 0.3) is 0 Å². The van der Waals surface area contributed by atoms with Crippen LogP contribution >= 0.6 is 11.6 Å². The molecular formula is C9H14ClN3O. The highest BCUT2D eigenvalue weighted by molar-refractivity contribution is 6.29. The molecule has 0 aliphatic rings. The summed E-state index contributed by atoms with van der Waals surface area (Å²) in [5.74, 6) is 0.593. The normalized spacial score (nSPS) is 12.5. The van der Waals surface area contributed by atoms with E-state index in [0.717, 1.165) is 6.42 Å². The molecule has 1 aromatic rings. The fourth-order valence-corrected chi connectivity index (χ4v) is 1.29. The van der Waals surface area contributed by atoms with Gasteiger partial charge in [0.1, 0.15) is 11.0 Å². The van der Waals surface area contributed by atoms with Gasteiger partial charge in [-0.25, -0.2) is 4.98 Å². The standard InChI is InChI=1S/C9H14ClN3O/c1-2-7(5-14)12-9-4-6(11)3-8(10)13-9/h3-4,7,14H,2,5H2,1H3,(H3,11,12,13). The highest BCUT2D eigenvalue weighted by Gasteiger charge is 2.05. The number of aliphatic hydroxyl groups is 1. The number of hydrogen-bond donors (Lipinski definition) is 3. The Labute approximate surface area is 88.1 Å². The summed E-state index contributed by atoms with van der Waals surface area (Å²) in [6.07, 6.45) is 0.810. The lowest BCUT2D eigenvalue weighted by Crippen LogP contribution is -2.23. The molecule has 0 fully saturated rings. The summed E-state index contributed by atoms with van der Waals surface area (Å²) in [5, 5.41) is 12.4. The van der Waals surface area contributed by atoms with Crippen molar-refractivity contribution in [3.63, 3.8) is 0 Å². The molecule has 4 N–H and O–H groups in total. The van der Waals surface area contributed by atoms with Crippen LogP contribution in [0.15, 0.2) is 12.1 Å². The summed E-state index contributed by atoms with van der Waals surface area (Å²) in [5.41, 5.74) is 6.15. The summed E-state index contributed by atoms with van der Waals surface area (Å²) in [6, 6.07) is 3.25. The van der Waals surface area contributed by atoms with E-state index < -0.39 is 0 Å². The molecular weight excluding hydrogens is 202 g/mol. The third kappa shape index (κ3) is 3.05. The first-order chi connectivity index (χ1) is 6.65. The van der Waals surface area contributed by atoms with Gasteiger partial charge in [-0.3, -0.25) is 0 Å². The predicted octanol–water partition coefficient (Wildman–Crippen LogP) is 1.50. The Morgan fingerprint density at radius 3 is 2.86 bits per heavy atom. The number of halogens is 1. The number of aromatic nitrogens is 1. The minimum absolute atomic E-state index is 0.0135. The van der Waals surface area contributed by atoms with E-state index in [4.69, 9.17) is 22.4 Å². The monoisotopic (exact) mass is 215 g/mol. The number of anilines is 2. The molecule has 78 valence electrons. The van der Waals surface area contributed by atoms with E-state index in [9.17, 15) is 0 Å². The van der Waals surface area contributed by atoms with Gasteiger partial charge in [-0.1, -0.05) is 18.5 Å². The first-order valence-corrected chi connectivity index (χ1v) is 4.84. The molecule has 0 bridgehead atoms. The van der Waals surface area contributed by atoms with Crippen LogP contribution in [-0.2, 0) is 0 Å². The van der Waals surface area contributed by atoms with E-state index in [-0.39, 0.29) is 12.6 Å². The van der Waals surface area contributed by atoms with Crippen molar-refractivity contribution < 1.29 is 5.11 Å². The van der Waals surface area contributed by atoms with Crippen molar-refractivity contribution in [1.82, 2.24) is 4.98 Å². The first kappa shape index (κ1) is 11.1. The maximum absolute atomic E-state index is 8.97. The van der Waals surface area contributed by atoms with Crippen LogP contribution in [0.4, 0.5) is 11.5 Å². The van der Waals surface area contributed by atoms with Crippen LogP contribution < -0.4 is 11.1 Å². The molecule has 0 saturated carbocycles. The van der Waals surface area contributed by atoms with Gasteiger partial charge in [-0.2, -0.15) is 0 Å². The molecule has 0 saturated heterocycles. The van der Waals surface area contributed by atoms with E-state index in [2.05, 4.69) is 10.3 Å². The second kappa shape index (κ2) is 5.02. The molecule has 1 heterocycles. The number of rotatable bonds is 4. The Hall–Kier alpha value is -1.00. The Bertz CT molecular complexity index is 282. The lowest BCUT2D eigenvalue weighted by atomic mass is 10.2. The highest BCUT2D eigenvalue weighted by Crippen LogP contribution is 2.16. The number of aliphatic hydroxyl groups excluding tert-OH is 1. The van der Waals surface area contributed by atoms with Gasteiger partial charge in [-0.05, 0) is 12.5 Å². The van der Waals surface area contributed by atoms with Crippen LogP contribution in [-0.4, -0.2) is 22.7 Å². The number of nitrogens with two attached hydrogens (primary N) is 1. The number of pyridine rings is 1. The second-order valence-electron chi connectivity index (χ2n) is 3.04. The zero-order chi connectivity index (χ0) is 10.6. The molecule has 1 aromatic heterocycles. The fourth-order valence-electron chi connectivity index (χ4n) is 1.08. The third-order valence-electron chi connectivity index (χ3n) is 1.88. The van der Waals surface area contributed by atoms with Gasteiger partial charge in [0, 0.05) is 11.8 Å². The smallest absolute Gasteiger partial charge is 0.133 e. The van der Waals surface area contributed by atoms with Crippen molar-refractivity contribution >= 4 is 23.1 Å². The Kier molecular flexibility index (Phi) is 3.98. The number of nitrogens with one attached hydrogen (secondary N) is 1. The van der Waals surface area contributed by atoms with Gasteiger partial charge in [-0.15, -0.1) is 0 Å². The maximum Gasteiger partial charge on any atom is 0.133 e. The van der Waals surface area contributed by atoms with Crippen molar-refractivity contribution in [2.45, 2.75) is 19.4 Å². The van der Waals surface area contributed by atoms with Crippen molar-refractivity contribution in [2.75, 3.05) is 17.7 Å². The van der Waals surface area contributed by atoms with E-state index in [1.165, 1.54) is 0 Å². The van der Waals surface area contributed by atoms with E-state index in [1.54, 1.807) is 12.1 Å². The molecule has 0 aromatic carbocycles. The summed E-state index contributed by atoms with van der Waals surface area (Å²) in [4.78, 5) is 4.03. The number of nitrogens with zero attached hydrogens (tertiary/aromatic N) is 1. The van der Waals surface area contributed by atoms with Crippen molar-refractivity contribution in [3.8, 4) is 0 Å². The molecule has 4 nitrogen and oxygen atoms in total. The topological polar surface area (TPSA) is 71.2 Å². The molecule has 1 atom stereocenters. The molecule has 0 aliphatic carbocycles. The fraction of sp³-hybridized carbons (Fsp3) is 0.444. The molecule has 5 heteroatoms. The van der Waals surface area contributed by atoms with Gasteiger partial charge in [0.2, 0.25) is 0 Å². The quantitative estimate of drug-likeness (QED) is 0.666. The van der Waals surface area contributed by atoms with Crippen LogP contribution in [0.2, 0.25) is 5.15 Å². The molecule has 0 aliphatic heterocycles. The Morgan fingerprint density at radius 1 is 1.64 bits per heavy atom. The van der Waals surface area contributed by atoms with Crippen molar-refractivity contribution in [2.24, 2.45) is 0 Å². The van der Waals surface area contributed by atoms with E-state index >= 15 is 0 Å². The maximum atomic E-state index is 8.97. The molecule has 0 amide bonds. The van der Waals surface area contributed by atoms with E-state index in [0.29, 0.717) is 16.7 Å². The minimum atomic E-state index is -0.0135. The Balaban J connectivity index is 2.75. The second-order valence-corrected chi connectivity index (χ2v) is 3.43. The zero-order valence-corrected chi connectivity index (χ0v) is 8.75. The van der Waals surface area contributed by atoms with Crippen LogP contribution in [0, 0.1) is 0 Å². The summed E-state index contributed by atoms with van der Waals surface area (Å²) < 4.78 is 0. The third-order valence-corrected chi connectivity index (χ3v) is 2.08. The average molecular weight is 216 g/mol. The van der Waals surface area contributed by atoms with Gasteiger partial charge in [0.05, 0.1) is 12.6 Å². The summed E-state index contributed by atoms with van der Waals surface area (Å²) >= 11 is 5.73. The van der Waals surface area contributed by atoms with Gasteiger partial charge < -0.3 is 16.2 Å². The van der Waals surface area contributed by atoms with Crippen LogP contribution in [0.1, 0.15) is 13.3 Å². The van der Waals surface area contributed by atoms with Crippen LogP contribution in [0.25, 0.3) is 0 Å². The first-order valence-electron chi connectivity index (χ1n) is 4.46. The van der Waals surface area contributed by atoms with Crippen molar-refractivity contribution in [1.29, 1.82) is 0 Å². The lowest BCUT2D eigenvalue weighted by Gasteiger charge is -2.14. The zero-order valence-electron chi connectivity index (χ0n) is 8.00. The number of hydrogen-bond acceptors (Lipinski definition) is 4. The van der Waals surface area contributed by atoms with Gasteiger partial charge >= 0.3 is 0 Å². The van der Waals surface area contributed by atoms with E-state index in [1.807, 2.05) is 6.92 Å².